The number of methoxy groups -OCH3 is 1. The van der Waals surface area contributed by atoms with E-state index in [-0.39, 0.29) is 5.91 Å². The van der Waals surface area contributed by atoms with Crippen molar-refractivity contribution in [3.05, 3.63) is 0 Å². The monoisotopic (exact) mass is 307 g/mol. The topological polar surface area (TPSA) is 53.9 Å². The van der Waals surface area contributed by atoms with Gasteiger partial charge in [0, 0.05) is 32.7 Å². The van der Waals surface area contributed by atoms with Crippen LogP contribution in [0.15, 0.2) is 4.99 Å². The van der Waals surface area contributed by atoms with Gasteiger partial charge in [0.15, 0.2) is 0 Å². The third kappa shape index (κ3) is 3.20. The molecule has 124 valence electrons. The number of piperidine rings is 1. The summed E-state index contributed by atoms with van der Waals surface area (Å²) in [6, 6.07) is 0. The normalized spacial score (nSPS) is 32.1. The molecule has 0 bridgehead atoms. The molecule has 1 saturated carbocycles. The molecule has 22 heavy (non-hydrogen) atoms. The van der Waals surface area contributed by atoms with Crippen LogP contribution in [0.2, 0.25) is 0 Å². The van der Waals surface area contributed by atoms with Gasteiger partial charge < -0.3 is 15.0 Å². The van der Waals surface area contributed by atoms with Crippen molar-refractivity contribution in [1.29, 1.82) is 0 Å². The largest absolute Gasteiger partial charge is 0.385 e. The zero-order chi connectivity index (χ0) is 15.6. The summed E-state index contributed by atoms with van der Waals surface area (Å²) in [5.41, 5.74) is -0.450. The maximum atomic E-state index is 12.5. The van der Waals surface area contributed by atoms with Crippen molar-refractivity contribution in [2.75, 3.05) is 33.9 Å². The molecule has 0 aromatic rings. The highest BCUT2D eigenvalue weighted by Gasteiger charge is 2.46. The van der Waals surface area contributed by atoms with E-state index >= 15 is 0 Å². The summed E-state index contributed by atoms with van der Waals surface area (Å²) in [7, 11) is 3.89. The van der Waals surface area contributed by atoms with Crippen LogP contribution in [0, 0.1) is 11.8 Å². The lowest BCUT2D eigenvalue weighted by Gasteiger charge is -2.33. The van der Waals surface area contributed by atoms with Crippen molar-refractivity contribution in [3.63, 3.8) is 0 Å². The summed E-state index contributed by atoms with van der Waals surface area (Å²) in [5.74, 6) is 2.38. The van der Waals surface area contributed by atoms with Crippen LogP contribution in [-0.2, 0) is 9.53 Å². The van der Waals surface area contributed by atoms with Crippen molar-refractivity contribution in [2.24, 2.45) is 16.8 Å². The molecule has 3 aliphatic rings. The van der Waals surface area contributed by atoms with Gasteiger partial charge in [0.05, 0.1) is 0 Å². The molecule has 0 aromatic heterocycles. The predicted octanol–water partition coefficient (Wildman–Crippen LogP) is 1.82. The van der Waals surface area contributed by atoms with Crippen LogP contribution in [0.5, 0.6) is 0 Å². The lowest BCUT2D eigenvalue weighted by atomic mass is 9.80. The molecule has 5 heteroatoms. The Morgan fingerprint density at radius 1 is 1.27 bits per heavy atom. The molecule has 1 spiro atoms. The summed E-state index contributed by atoms with van der Waals surface area (Å²) >= 11 is 0. The summed E-state index contributed by atoms with van der Waals surface area (Å²) < 4.78 is 5.18. The Hall–Kier alpha value is -0.940. The molecule has 3 rings (SSSR count). The lowest BCUT2D eigenvalue weighted by molar-refractivity contribution is -0.125. The van der Waals surface area contributed by atoms with E-state index in [2.05, 4.69) is 17.3 Å². The van der Waals surface area contributed by atoms with Crippen molar-refractivity contribution in [1.82, 2.24) is 10.2 Å². The van der Waals surface area contributed by atoms with Crippen LogP contribution in [0.3, 0.4) is 0 Å². The minimum Gasteiger partial charge on any atom is -0.385 e. The molecule has 1 N–H and O–H groups in total. The zero-order valence-corrected chi connectivity index (χ0v) is 13.9. The quantitative estimate of drug-likeness (QED) is 0.862. The number of carbonyl (C=O) groups excluding carboxylic acids is 1. The number of carbonyl (C=O) groups is 1. The molecule has 2 fully saturated rings. The minimum absolute atomic E-state index is 0.150. The molecule has 1 saturated heterocycles. The molecule has 1 aliphatic carbocycles. The highest BCUT2D eigenvalue weighted by Crippen LogP contribution is 2.36. The number of rotatable bonds is 4. The van der Waals surface area contributed by atoms with E-state index in [9.17, 15) is 4.79 Å². The van der Waals surface area contributed by atoms with Gasteiger partial charge in [-0.05, 0) is 57.9 Å². The molecule has 1 amide bonds. The Kier molecular flexibility index (Phi) is 4.83. The lowest BCUT2D eigenvalue weighted by Crippen LogP contribution is -2.48. The van der Waals surface area contributed by atoms with Gasteiger partial charge in [0.2, 0.25) is 0 Å². The zero-order valence-electron chi connectivity index (χ0n) is 13.9. The highest BCUT2D eigenvalue weighted by atomic mass is 16.5. The summed E-state index contributed by atoms with van der Waals surface area (Å²) in [6.45, 7) is 2.80. The minimum atomic E-state index is -0.450. The van der Waals surface area contributed by atoms with Gasteiger partial charge >= 0.3 is 0 Å². The standard InChI is InChI=1S/C17H29N3O2/c1-20-10-8-17(9-11-20)16(21)18-15(19-17)14-5-3-13(4-6-14)7-12-22-2/h13-14H,3-12H2,1-2H3,(H,18,19,21). The number of nitrogens with one attached hydrogen (secondary N) is 1. The van der Waals surface area contributed by atoms with Crippen molar-refractivity contribution >= 4 is 11.7 Å². The van der Waals surface area contributed by atoms with Gasteiger partial charge in [0.25, 0.3) is 5.91 Å². The molecule has 2 aliphatic heterocycles. The number of amidine groups is 1. The Morgan fingerprint density at radius 2 is 1.95 bits per heavy atom. The van der Waals surface area contributed by atoms with Crippen LogP contribution < -0.4 is 5.32 Å². The van der Waals surface area contributed by atoms with E-state index < -0.39 is 5.54 Å². The molecule has 0 aromatic carbocycles. The molecule has 5 nitrogen and oxygen atoms in total. The second-order valence-electron chi connectivity index (χ2n) is 7.29. The van der Waals surface area contributed by atoms with E-state index in [1.807, 2.05) is 0 Å². The number of amides is 1. The SMILES string of the molecule is COCCC1CCC(C2=NC3(CCN(C)CC3)C(=O)N2)CC1. The molecule has 0 radical (unpaired) electrons. The summed E-state index contributed by atoms with van der Waals surface area (Å²) in [5, 5.41) is 3.12. The fourth-order valence-corrected chi connectivity index (χ4v) is 4.07. The molecule has 2 heterocycles. The maximum absolute atomic E-state index is 12.5. The Balaban J connectivity index is 1.58. The van der Waals surface area contributed by atoms with Gasteiger partial charge in [-0.2, -0.15) is 0 Å². The highest BCUT2D eigenvalue weighted by molar-refractivity contribution is 6.09. The fraction of sp³-hybridized carbons (Fsp3) is 0.882. The molecule has 0 atom stereocenters. The number of likely N-dealkylation sites (tertiary alicyclic amines) is 1. The van der Waals surface area contributed by atoms with E-state index in [0.29, 0.717) is 5.92 Å². The second-order valence-corrected chi connectivity index (χ2v) is 7.29. The first-order chi connectivity index (χ1) is 10.6. The Bertz CT molecular complexity index is 433. The van der Waals surface area contributed by atoms with Crippen LogP contribution in [-0.4, -0.2) is 56.0 Å². The maximum Gasteiger partial charge on any atom is 0.253 e. The van der Waals surface area contributed by atoms with Gasteiger partial charge in [-0.25, -0.2) is 0 Å². The van der Waals surface area contributed by atoms with Crippen molar-refractivity contribution in [2.45, 2.75) is 50.5 Å². The van der Waals surface area contributed by atoms with E-state index in [4.69, 9.17) is 9.73 Å². The van der Waals surface area contributed by atoms with Crippen LogP contribution in [0.4, 0.5) is 0 Å². The smallest absolute Gasteiger partial charge is 0.253 e. The number of ether oxygens (including phenoxy) is 1. The van der Waals surface area contributed by atoms with Crippen LogP contribution in [0.1, 0.15) is 44.9 Å². The third-order valence-corrected chi connectivity index (χ3v) is 5.78. The average Bonchev–Trinajstić information content (AvgIpc) is 2.86. The first kappa shape index (κ1) is 15.9. The van der Waals surface area contributed by atoms with Gasteiger partial charge in [-0.15, -0.1) is 0 Å². The van der Waals surface area contributed by atoms with Crippen LogP contribution >= 0.6 is 0 Å². The van der Waals surface area contributed by atoms with E-state index in [1.165, 1.54) is 19.3 Å². The van der Waals surface area contributed by atoms with Gasteiger partial charge in [0.1, 0.15) is 11.4 Å². The number of hydrogen-bond acceptors (Lipinski definition) is 4. The van der Waals surface area contributed by atoms with Gasteiger partial charge in [-0.1, -0.05) is 0 Å². The molecular weight excluding hydrogens is 278 g/mol. The number of aliphatic imine (C=N–C) groups is 1. The summed E-state index contributed by atoms with van der Waals surface area (Å²) in [6.07, 6.45) is 7.67. The summed E-state index contributed by atoms with van der Waals surface area (Å²) in [4.78, 5) is 19.7. The van der Waals surface area contributed by atoms with Crippen molar-refractivity contribution in [3.8, 4) is 0 Å². The molecular formula is C17H29N3O2. The van der Waals surface area contributed by atoms with Crippen LogP contribution in [0.25, 0.3) is 0 Å². The Labute approximate surface area is 133 Å². The second kappa shape index (κ2) is 6.67. The van der Waals surface area contributed by atoms with E-state index in [1.54, 1.807) is 7.11 Å². The predicted molar refractivity (Wildman–Crippen MR) is 87.0 cm³/mol. The van der Waals surface area contributed by atoms with E-state index in [0.717, 1.165) is 57.1 Å². The van der Waals surface area contributed by atoms with Crippen molar-refractivity contribution < 1.29 is 9.53 Å². The molecule has 0 unspecified atom stereocenters. The fourth-order valence-electron chi connectivity index (χ4n) is 4.07. The Morgan fingerprint density at radius 3 is 2.59 bits per heavy atom. The average molecular weight is 307 g/mol. The first-order valence-corrected chi connectivity index (χ1v) is 8.71. The third-order valence-electron chi connectivity index (χ3n) is 5.78. The first-order valence-electron chi connectivity index (χ1n) is 8.71. The van der Waals surface area contributed by atoms with Gasteiger partial charge in [-0.3, -0.25) is 9.79 Å². The number of nitrogens with zero attached hydrogens (tertiary/aromatic N) is 2. The number of hydrogen-bond donors (Lipinski definition) is 1.